The van der Waals surface area contributed by atoms with Crippen LogP contribution in [0.4, 0.5) is 5.69 Å². The number of fused-ring (bicyclic) bond motifs is 3. The van der Waals surface area contributed by atoms with Gasteiger partial charge in [0.05, 0.1) is 24.8 Å². The van der Waals surface area contributed by atoms with Gasteiger partial charge in [0.25, 0.3) is 5.56 Å². The maximum atomic E-state index is 13.5. The van der Waals surface area contributed by atoms with Crippen molar-refractivity contribution in [3.8, 4) is 5.75 Å². The summed E-state index contributed by atoms with van der Waals surface area (Å²) in [6, 6.07) is 10.6. The number of pyridine rings is 1. The predicted octanol–water partition coefficient (Wildman–Crippen LogP) is 2.99. The maximum Gasteiger partial charge on any atom is 0.332 e. The predicted molar refractivity (Wildman–Crippen MR) is 131 cm³/mol. The van der Waals surface area contributed by atoms with E-state index in [-0.39, 0.29) is 30.7 Å². The molecule has 1 aliphatic rings. The minimum Gasteiger partial charge on any atom is -0.494 e. The van der Waals surface area contributed by atoms with E-state index in [4.69, 9.17) is 9.47 Å². The highest BCUT2D eigenvalue weighted by Gasteiger charge is 2.24. The molecule has 1 aliphatic heterocycles. The average Bonchev–Trinajstić information content (AvgIpc) is 3.49. The van der Waals surface area contributed by atoms with E-state index in [1.807, 2.05) is 13.0 Å². The quantitative estimate of drug-likeness (QED) is 0.436. The lowest BCUT2D eigenvalue weighted by Crippen LogP contribution is -2.43. The number of hydrogen-bond donors (Lipinski definition) is 1. The third-order valence-corrected chi connectivity index (χ3v) is 6.86. The number of nitrogens with one attached hydrogen (secondary N) is 1. The van der Waals surface area contributed by atoms with E-state index in [1.54, 1.807) is 36.5 Å². The molecule has 0 aliphatic carbocycles. The zero-order valence-corrected chi connectivity index (χ0v) is 19.5. The van der Waals surface area contributed by atoms with Crippen LogP contribution in [-0.2, 0) is 22.6 Å². The molecular weight excluding hydrogens is 456 g/mol. The Kier molecular flexibility index (Phi) is 6.16. The fourth-order valence-corrected chi connectivity index (χ4v) is 5.32. The van der Waals surface area contributed by atoms with Crippen LogP contribution in [0.25, 0.3) is 20.4 Å². The lowest BCUT2D eigenvalue weighted by molar-refractivity contribution is -0.116. The van der Waals surface area contributed by atoms with Gasteiger partial charge in [0.1, 0.15) is 21.8 Å². The van der Waals surface area contributed by atoms with Gasteiger partial charge in [-0.1, -0.05) is 0 Å². The molecule has 0 bridgehead atoms. The molecule has 9 nitrogen and oxygen atoms in total. The molecule has 1 atom stereocenters. The molecule has 1 unspecified atom stereocenters. The number of hydrogen-bond acceptors (Lipinski definition) is 7. The fraction of sp³-hybridized carbons (Fsp3) is 0.333. The standard InChI is InChI=1S/C24H24N4O5S/c1-2-32-16-9-7-15(8-10-16)26-19(29)14-27-20-18-6-3-11-25-22(18)34-21(20)23(30)28(24(27)31)13-17-5-4-12-33-17/h3,6-11,17H,2,4-5,12-14H2,1H3,(H,26,29). The number of amides is 1. The minimum absolute atomic E-state index is 0.162. The molecule has 34 heavy (non-hydrogen) atoms. The van der Waals surface area contributed by atoms with E-state index in [2.05, 4.69) is 10.3 Å². The lowest BCUT2D eigenvalue weighted by atomic mass is 10.2. The molecule has 0 saturated carbocycles. The molecule has 5 rings (SSSR count). The second kappa shape index (κ2) is 9.40. The smallest absolute Gasteiger partial charge is 0.332 e. The highest BCUT2D eigenvalue weighted by Crippen LogP contribution is 2.29. The highest BCUT2D eigenvalue weighted by molar-refractivity contribution is 7.25. The van der Waals surface area contributed by atoms with Crippen molar-refractivity contribution < 1.29 is 14.3 Å². The monoisotopic (exact) mass is 480 g/mol. The first-order valence-electron chi connectivity index (χ1n) is 11.2. The van der Waals surface area contributed by atoms with Gasteiger partial charge in [-0.25, -0.2) is 9.78 Å². The molecule has 0 spiro atoms. The Balaban J connectivity index is 1.54. The van der Waals surface area contributed by atoms with Crippen LogP contribution >= 0.6 is 11.3 Å². The molecule has 1 aromatic carbocycles. The van der Waals surface area contributed by atoms with Crippen molar-refractivity contribution in [2.24, 2.45) is 0 Å². The number of thiophene rings is 1. The number of aromatic nitrogens is 3. The highest BCUT2D eigenvalue weighted by atomic mass is 32.1. The Bertz CT molecular complexity index is 1470. The first-order valence-corrected chi connectivity index (χ1v) is 12.0. The lowest BCUT2D eigenvalue weighted by Gasteiger charge is -2.15. The Morgan fingerprint density at radius 2 is 2.06 bits per heavy atom. The summed E-state index contributed by atoms with van der Waals surface area (Å²) in [6.07, 6.45) is 3.13. The van der Waals surface area contributed by atoms with Crippen molar-refractivity contribution in [1.82, 2.24) is 14.1 Å². The summed E-state index contributed by atoms with van der Waals surface area (Å²) in [7, 11) is 0. The van der Waals surface area contributed by atoms with E-state index in [0.29, 0.717) is 45.1 Å². The summed E-state index contributed by atoms with van der Waals surface area (Å²) >= 11 is 1.23. The average molecular weight is 481 g/mol. The zero-order chi connectivity index (χ0) is 23.7. The number of carbonyl (C=O) groups is 1. The van der Waals surface area contributed by atoms with E-state index in [9.17, 15) is 14.4 Å². The second-order valence-electron chi connectivity index (χ2n) is 8.06. The van der Waals surface area contributed by atoms with Crippen molar-refractivity contribution in [2.75, 3.05) is 18.5 Å². The van der Waals surface area contributed by atoms with Crippen molar-refractivity contribution in [2.45, 2.75) is 39.0 Å². The van der Waals surface area contributed by atoms with Crippen molar-refractivity contribution >= 4 is 43.4 Å². The van der Waals surface area contributed by atoms with Crippen LogP contribution < -0.4 is 21.3 Å². The zero-order valence-electron chi connectivity index (χ0n) is 18.7. The van der Waals surface area contributed by atoms with E-state index in [1.165, 1.54) is 20.5 Å². The van der Waals surface area contributed by atoms with Gasteiger partial charge in [0.2, 0.25) is 5.91 Å². The van der Waals surface area contributed by atoms with E-state index in [0.717, 1.165) is 12.8 Å². The Labute approximate surface area is 198 Å². The third kappa shape index (κ3) is 4.22. The number of nitrogens with zero attached hydrogens (tertiary/aromatic N) is 3. The molecule has 1 fully saturated rings. The normalized spacial score (nSPS) is 15.7. The molecule has 176 valence electrons. The Morgan fingerprint density at radius 1 is 1.24 bits per heavy atom. The summed E-state index contributed by atoms with van der Waals surface area (Å²) in [4.78, 5) is 44.7. The van der Waals surface area contributed by atoms with E-state index < -0.39 is 5.69 Å². The van der Waals surface area contributed by atoms with Gasteiger partial charge >= 0.3 is 5.69 Å². The molecule has 1 saturated heterocycles. The number of carbonyl (C=O) groups excluding carboxylic acids is 1. The number of benzene rings is 1. The first-order chi connectivity index (χ1) is 16.5. The molecule has 4 aromatic rings. The summed E-state index contributed by atoms with van der Waals surface area (Å²) in [5.74, 6) is 0.329. The number of ether oxygens (including phenoxy) is 2. The van der Waals surface area contributed by atoms with Crippen LogP contribution in [0.5, 0.6) is 5.75 Å². The van der Waals surface area contributed by atoms with E-state index >= 15 is 0 Å². The van der Waals surface area contributed by atoms with Crippen LogP contribution in [0.2, 0.25) is 0 Å². The van der Waals surface area contributed by atoms with Crippen LogP contribution in [0.3, 0.4) is 0 Å². The maximum absolute atomic E-state index is 13.5. The van der Waals surface area contributed by atoms with Gasteiger partial charge in [-0.2, -0.15) is 0 Å². The molecule has 1 N–H and O–H groups in total. The van der Waals surface area contributed by atoms with Crippen molar-refractivity contribution in [3.05, 3.63) is 63.4 Å². The van der Waals surface area contributed by atoms with Gasteiger partial charge in [-0.15, -0.1) is 11.3 Å². The van der Waals surface area contributed by atoms with Gasteiger partial charge in [-0.05, 0) is 56.2 Å². The van der Waals surface area contributed by atoms with Crippen LogP contribution in [0.15, 0.2) is 52.2 Å². The van der Waals surface area contributed by atoms with Gasteiger partial charge in [-0.3, -0.25) is 18.7 Å². The second-order valence-corrected chi connectivity index (χ2v) is 9.06. The number of rotatable bonds is 7. The van der Waals surface area contributed by atoms with Crippen molar-refractivity contribution in [3.63, 3.8) is 0 Å². The summed E-state index contributed by atoms with van der Waals surface area (Å²) in [5, 5.41) is 3.50. The third-order valence-electron chi connectivity index (χ3n) is 5.77. The summed E-state index contributed by atoms with van der Waals surface area (Å²) < 4.78 is 14.1. The molecule has 1 amide bonds. The number of anilines is 1. The summed E-state index contributed by atoms with van der Waals surface area (Å²) in [5.41, 5.74) is 0.121. The topological polar surface area (TPSA) is 104 Å². The van der Waals surface area contributed by atoms with Crippen LogP contribution in [0.1, 0.15) is 19.8 Å². The Morgan fingerprint density at radius 3 is 2.79 bits per heavy atom. The SMILES string of the molecule is CCOc1ccc(NC(=O)Cn2c(=O)n(CC3CCCO3)c(=O)c3sc4ncccc4c32)cc1. The molecule has 0 radical (unpaired) electrons. The van der Waals surface area contributed by atoms with Gasteiger partial charge in [0.15, 0.2) is 0 Å². The first kappa shape index (κ1) is 22.3. The largest absolute Gasteiger partial charge is 0.494 e. The van der Waals surface area contributed by atoms with Gasteiger partial charge in [0, 0.05) is 23.9 Å². The molecule has 3 aromatic heterocycles. The van der Waals surface area contributed by atoms with Crippen LogP contribution in [0, 0.1) is 0 Å². The van der Waals surface area contributed by atoms with Crippen molar-refractivity contribution in [1.29, 1.82) is 0 Å². The Hall–Kier alpha value is -3.50. The van der Waals surface area contributed by atoms with Gasteiger partial charge < -0.3 is 14.8 Å². The fourth-order valence-electron chi connectivity index (χ4n) is 4.23. The molecular formula is C24H24N4O5S. The molecule has 4 heterocycles. The summed E-state index contributed by atoms with van der Waals surface area (Å²) in [6.45, 7) is 2.99. The minimum atomic E-state index is -0.529. The van der Waals surface area contributed by atoms with Crippen LogP contribution in [-0.4, -0.2) is 39.3 Å². The molecule has 10 heteroatoms.